The highest BCUT2D eigenvalue weighted by Gasteiger charge is 2.27. The number of benzene rings is 1. The van der Waals surface area contributed by atoms with E-state index in [9.17, 15) is 13.5 Å². The summed E-state index contributed by atoms with van der Waals surface area (Å²) in [5.41, 5.74) is 0.737. The third kappa shape index (κ3) is 4.56. The van der Waals surface area contributed by atoms with Gasteiger partial charge in [-0.3, -0.25) is 0 Å². The third-order valence-corrected chi connectivity index (χ3v) is 5.23. The summed E-state index contributed by atoms with van der Waals surface area (Å²) in [7, 11) is -3.41. The Balaban J connectivity index is 2.00. The molecule has 2 atom stereocenters. The first-order valence-electron chi connectivity index (χ1n) is 6.39. The topological polar surface area (TPSA) is 66.4 Å². The molecule has 0 saturated heterocycles. The number of nitrogens with one attached hydrogen (secondary N) is 1. The summed E-state index contributed by atoms with van der Waals surface area (Å²) in [5.74, 6) is -0.0521. The lowest BCUT2D eigenvalue weighted by Gasteiger charge is -2.28. The Hall–Kier alpha value is -0.430. The van der Waals surface area contributed by atoms with Crippen molar-refractivity contribution in [3.05, 3.63) is 34.3 Å². The first kappa shape index (κ1) is 15.0. The average Bonchev–Trinajstić information content (AvgIpc) is 2.35. The van der Waals surface area contributed by atoms with E-state index in [1.165, 1.54) is 0 Å². The van der Waals surface area contributed by atoms with Crippen molar-refractivity contribution in [2.75, 3.05) is 0 Å². The van der Waals surface area contributed by atoms with E-state index in [1.807, 2.05) is 12.1 Å². The number of aliphatic hydroxyl groups is 1. The van der Waals surface area contributed by atoms with Gasteiger partial charge in [-0.1, -0.05) is 40.9 Å². The Morgan fingerprint density at radius 3 is 2.47 bits per heavy atom. The maximum absolute atomic E-state index is 12.1. The van der Waals surface area contributed by atoms with Gasteiger partial charge in [-0.25, -0.2) is 13.1 Å². The first-order valence-corrected chi connectivity index (χ1v) is 8.83. The van der Waals surface area contributed by atoms with Gasteiger partial charge in [-0.15, -0.1) is 0 Å². The molecule has 2 rings (SSSR count). The fourth-order valence-corrected chi connectivity index (χ4v) is 4.04. The van der Waals surface area contributed by atoms with E-state index >= 15 is 0 Å². The number of rotatable bonds is 4. The van der Waals surface area contributed by atoms with Crippen LogP contribution in [-0.2, 0) is 15.8 Å². The van der Waals surface area contributed by atoms with Crippen LogP contribution in [0.2, 0.25) is 0 Å². The molecule has 2 N–H and O–H groups in total. The lowest BCUT2D eigenvalue weighted by atomic mass is 9.93. The van der Waals surface area contributed by atoms with Crippen LogP contribution in [0.1, 0.15) is 31.2 Å². The molecule has 0 unspecified atom stereocenters. The van der Waals surface area contributed by atoms with Crippen molar-refractivity contribution >= 4 is 26.0 Å². The maximum atomic E-state index is 12.1. The lowest BCUT2D eigenvalue weighted by molar-refractivity contribution is 0.101. The van der Waals surface area contributed by atoms with Crippen LogP contribution in [0.15, 0.2) is 28.7 Å². The van der Waals surface area contributed by atoms with Crippen molar-refractivity contribution in [1.82, 2.24) is 4.72 Å². The molecule has 1 aromatic carbocycles. The first-order chi connectivity index (χ1) is 8.96. The second-order valence-corrected chi connectivity index (χ2v) is 7.63. The molecule has 0 bridgehead atoms. The molecule has 0 aromatic heterocycles. The molecule has 1 aliphatic rings. The monoisotopic (exact) mass is 347 g/mol. The van der Waals surface area contributed by atoms with Crippen LogP contribution in [0, 0.1) is 0 Å². The van der Waals surface area contributed by atoms with Gasteiger partial charge in [0, 0.05) is 10.5 Å². The van der Waals surface area contributed by atoms with E-state index in [1.54, 1.807) is 12.1 Å². The summed E-state index contributed by atoms with van der Waals surface area (Å²) < 4.78 is 27.7. The molecule has 1 aliphatic carbocycles. The second kappa shape index (κ2) is 6.35. The molecule has 0 aliphatic heterocycles. The molecule has 1 fully saturated rings. The Morgan fingerprint density at radius 2 is 1.84 bits per heavy atom. The summed E-state index contributed by atoms with van der Waals surface area (Å²) in [5, 5.41) is 9.80. The minimum Gasteiger partial charge on any atom is -0.391 e. The minimum absolute atomic E-state index is 0.0521. The Kier molecular flexibility index (Phi) is 5.00. The van der Waals surface area contributed by atoms with Gasteiger partial charge in [0.05, 0.1) is 11.9 Å². The van der Waals surface area contributed by atoms with Gasteiger partial charge in [-0.2, -0.15) is 0 Å². The Morgan fingerprint density at radius 1 is 1.21 bits per heavy atom. The average molecular weight is 348 g/mol. The van der Waals surface area contributed by atoms with Crippen LogP contribution in [-0.4, -0.2) is 25.7 Å². The summed E-state index contributed by atoms with van der Waals surface area (Å²) >= 11 is 3.31. The highest BCUT2D eigenvalue weighted by molar-refractivity contribution is 9.10. The van der Waals surface area contributed by atoms with Crippen molar-refractivity contribution in [3.8, 4) is 0 Å². The number of halogens is 1. The van der Waals surface area contributed by atoms with Gasteiger partial charge in [0.2, 0.25) is 10.0 Å². The number of sulfonamides is 1. The highest BCUT2D eigenvalue weighted by Crippen LogP contribution is 2.20. The third-order valence-electron chi connectivity index (χ3n) is 3.33. The SMILES string of the molecule is O=S(=O)(Cc1ccc(Br)cc1)N[C@@H]1CCCC[C@H]1O. The summed E-state index contributed by atoms with van der Waals surface area (Å²) in [6.07, 6.45) is 2.74. The van der Waals surface area contributed by atoms with Gasteiger partial charge in [0.25, 0.3) is 0 Å². The van der Waals surface area contributed by atoms with Crippen LogP contribution in [0.5, 0.6) is 0 Å². The van der Waals surface area contributed by atoms with E-state index in [0.29, 0.717) is 12.8 Å². The van der Waals surface area contributed by atoms with Gasteiger partial charge in [0.1, 0.15) is 0 Å². The van der Waals surface area contributed by atoms with Crippen LogP contribution in [0.4, 0.5) is 0 Å². The van der Waals surface area contributed by atoms with Gasteiger partial charge in [0.15, 0.2) is 0 Å². The minimum atomic E-state index is -3.41. The molecule has 0 spiro atoms. The number of hydrogen-bond donors (Lipinski definition) is 2. The zero-order valence-corrected chi connectivity index (χ0v) is 13.0. The predicted octanol–water partition coefficient (Wildman–Crippen LogP) is 2.17. The highest BCUT2D eigenvalue weighted by atomic mass is 79.9. The smallest absolute Gasteiger partial charge is 0.216 e. The zero-order valence-electron chi connectivity index (χ0n) is 10.5. The van der Waals surface area contributed by atoms with Crippen LogP contribution in [0.25, 0.3) is 0 Å². The van der Waals surface area contributed by atoms with Gasteiger partial charge in [-0.05, 0) is 30.5 Å². The standard InChI is InChI=1S/C13H18BrNO3S/c14-11-7-5-10(6-8-11)9-19(17,18)15-12-3-1-2-4-13(12)16/h5-8,12-13,15-16H,1-4,9H2/t12-,13-/m1/s1. The maximum Gasteiger partial charge on any atom is 0.216 e. The van der Waals surface area contributed by atoms with Crippen molar-refractivity contribution < 1.29 is 13.5 Å². The van der Waals surface area contributed by atoms with E-state index in [4.69, 9.17) is 0 Å². The molecule has 19 heavy (non-hydrogen) atoms. The molecule has 0 heterocycles. The second-order valence-electron chi connectivity index (χ2n) is 4.96. The normalized spacial score (nSPS) is 24.3. The molecule has 0 radical (unpaired) electrons. The number of aliphatic hydroxyl groups excluding tert-OH is 1. The molecule has 0 amide bonds. The van der Waals surface area contributed by atoms with Crippen molar-refractivity contribution in [3.63, 3.8) is 0 Å². The zero-order chi connectivity index (χ0) is 13.9. The molecule has 1 saturated carbocycles. The molecular formula is C13H18BrNO3S. The summed E-state index contributed by atoms with van der Waals surface area (Å²) in [6, 6.07) is 6.86. The Bertz CT molecular complexity index is 515. The molecule has 6 heteroatoms. The van der Waals surface area contributed by atoms with E-state index in [-0.39, 0.29) is 11.8 Å². The molecule has 1 aromatic rings. The van der Waals surface area contributed by atoms with Crippen molar-refractivity contribution in [2.45, 2.75) is 43.6 Å². The molecule has 4 nitrogen and oxygen atoms in total. The van der Waals surface area contributed by atoms with Gasteiger partial charge >= 0.3 is 0 Å². The van der Waals surface area contributed by atoms with Crippen molar-refractivity contribution in [1.29, 1.82) is 0 Å². The van der Waals surface area contributed by atoms with Crippen LogP contribution < -0.4 is 4.72 Å². The summed E-state index contributed by atoms with van der Waals surface area (Å²) in [4.78, 5) is 0. The van der Waals surface area contributed by atoms with E-state index in [2.05, 4.69) is 20.7 Å². The van der Waals surface area contributed by atoms with Gasteiger partial charge < -0.3 is 5.11 Å². The van der Waals surface area contributed by atoms with E-state index < -0.39 is 16.1 Å². The lowest BCUT2D eigenvalue weighted by Crippen LogP contribution is -2.45. The van der Waals surface area contributed by atoms with Crippen LogP contribution >= 0.6 is 15.9 Å². The molecule has 106 valence electrons. The predicted molar refractivity (Wildman–Crippen MR) is 78.2 cm³/mol. The summed E-state index contributed by atoms with van der Waals surface area (Å²) in [6.45, 7) is 0. The largest absolute Gasteiger partial charge is 0.391 e. The Labute approximate surface area is 122 Å². The quantitative estimate of drug-likeness (QED) is 0.877. The van der Waals surface area contributed by atoms with Crippen molar-refractivity contribution in [2.24, 2.45) is 0 Å². The fourth-order valence-electron chi connectivity index (χ4n) is 2.32. The molecular weight excluding hydrogens is 330 g/mol. The fraction of sp³-hybridized carbons (Fsp3) is 0.538. The van der Waals surface area contributed by atoms with E-state index in [0.717, 1.165) is 22.9 Å². The number of hydrogen-bond acceptors (Lipinski definition) is 3. The van der Waals surface area contributed by atoms with Crippen LogP contribution in [0.3, 0.4) is 0 Å².